The molecule has 3 nitrogen and oxygen atoms in total. The van der Waals surface area contributed by atoms with Crippen molar-refractivity contribution in [1.29, 1.82) is 0 Å². The number of hydrogen-bond acceptors (Lipinski definition) is 3. The number of ether oxygens (including phenoxy) is 1. The van der Waals surface area contributed by atoms with Gasteiger partial charge in [-0.05, 0) is 43.0 Å². The molecule has 0 spiro atoms. The molecule has 0 aromatic heterocycles. The highest BCUT2D eigenvalue weighted by Gasteiger charge is 2.32. The van der Waals surface area contributed by atoms with Gasteiger partial charge in [0, 0.05) is 26.2 Å². The van der Waals surface area contributed by atoms with E-state index in [2.05, 4.69) is 41.4 Å². The molecule has 1 aromatic rings. The summed E-state index contributed by atoms with van der Waals surface area (Å²) in [5.74, 6) is 0.676. The Morgan fingerprint density at radius 3 is 2.95 bits per heavy atom. The van der Waals surface area contributed by atoms with Crippen LogP contribution in [0.2, 0.25) is 0 Å². The van der Waals surface area contributed by atoms with E-state index in [9.17, 15) is 0 Å². The summed E-state index contributed by atoms with van der Waals surface area (Å²) in [7, 11) is 1.85. The maximum atomic E-state index is 5.69. The molecule has 3 heteroatoms. The van der Waals surface area contributed by atoms with Crippen molar-refractivity contribution in [1.82, 2.24) is 10.2 Å². The molecular formula is C17H26N2O. The molecule has 1 aromatic carbocycles. The Labute approximate surface area is 122 Å². The molecule has 0 aliphatic carbocycles. The average molecular weight is 274 g/mol. The van der Waals surface area contributed by atoms with Gasteiger partial charge in [-0.1, -0.05) is 31.2 Å². The van der Waals surface area contributed by atoms with E-state index >= 15 is 0 Å². The molecule has 0 bridgehead atoms. The second-order valence-electron chi connectivity index (χ2n) is 6.22. The Bertz CT molecular complexity index is 448. The SMILES string of the molecule is COC1CN(C2CCNCc3ccccc32)CCC1C. The largest absolute Gasteiger partial charge is 0.380 e. The molecule has 2 aliphatic rings. The molecule has 3 atom stereocenters. The highest BCUT2D eigenvalue weighted by atomic mass is 16.5. The van der Waals surface area contributed by atoms with Crippen LogP contribution in [0.5, 0.6) is 0 Å². The van der Waals surface area contributed by atoms with E-state index < -0.39 is 0 Å². The molecule has 1 saturated heterocycles. The third kappa shape index (κ3) is 2.76. The first kappa shape index (κ1) is 14.1. The lowest BCUT2D eigenvalue weighted by Crippen LogP contribution is -2.45. The normalized spacial score (nSPS) is 31.6. The lowest BCUT2D eigenvalue weighted by atomic mass is 9.91. The first-order valence-electron chi connectivity index (χ1n) is 7.85. The zero-order valence-corrected chi connectivity index (χ0v) is 12.6. The van der Waals surface area contributed by atoms with Gasteiger partial charge in [-0.2, -0.15) is 0 Å². The second-order valence-corrected chi connectivity index (χ2v) is 6.22. The summed E-state index contributed by atoms with van der Waals surface area (Å²) in [6, 6.07) is 9.45. The van der Waals surface area contributed by atoms with Gasteiger partial charge >= 0.3 is 0 Å². The van der Waals surface area contributed by atoms with Crippen molar-refractivity contribution in [2.75, 3.05) is 26.7 Å². The van der Waals surface area contributed by atoms with E-state index in [4.69, 9.17) is 4.74 Å². The van der Waals surface area contributed by atoms with Crippen molar-refractivity contribution in [2.24, 2.45) is 5.92 Å². The molecule has 20 heavy (non-hydrogen) atoms. The van der Waals surface area contributed by atoms with Crippen LogP contribution in [0.1, 0.15) is 36.9 Å². The number of piperidine rings is 1. The quantitative estimate of drug-likeness (QED) is 0.897. The van der Waals surface area contributed by atoms with Crippen LogP contribution < -0.4 is 5.32 Å². The minimum atomic E-state index is 0.382. The van der Waals surface area contributed by atoms with Crippen LogP contribution in [0.15, 0.2) is 24.3 Å². The number of methoxy groups -OCH3 is 1. The summed E-state index contributed by atoms with van der Waals surface area (Å²) in [5.41, 5.74) is 2.98. The molecule has 0 radical (unpaired) electrons. The summed E-state index contributed by atoms with van der Waals surface area (Å²) in [5, 5.41) is 3.55. The monoisotopic (exact) mass is 274 g/mol. The van der Waals surface area contributed by atoms with Crippen molar-refractivity contribution < 1.29 is 4.74 Å². The number of hydrogen-bond donors (Lipinski definition) is 1. The third-order valence-electron chi connectivity index (χ3n) is 4.99. The molecule has 1 fully saturated rings. The summed E-state index contributed by atoms with van der Waals surface area (Å²) in [6.07, 6.45) is 2.82. The maximum Gasteiger partial charge on any atom is 0.0724 e. The lowest BCUT2D eigenvalue weighted by Gasteiger charge is -2.41. The summed E-state index contributed by atoms with van der Waals surface area (Å²) in [6.45, 7) is 6.68. The smallest absolute Gasteiger partial charge is 0.0724 e. The topological polar surface area (TPSA) is 24.5 Å². The minimum Gasteiger partial charge on any atom is -0.380 e. The fourth-order valence-electron chi connectivity index (χ4n) is 3.66. The van der Waals surface area contributed by atoms with Crippen LogP contribution in [0.3, 0.4) is 0 Å². The lowest BCUT2D eigenvalue weighted by molar-refractivity contribution is -0.0204. The van der Waals surface area contributed by atoms with Crippen molar-refractivity contribution in [3.05, 3.63) is 35.4 Å². The van der Waals surface area contributed by atoms with Gasteiger partial charge in [-0.3, -0.25) is 4.90 Å². The Hall–Kier alpha value is -0.900. The summed E-state index contributed by atoms with van der Waals surface area (Å²) < 4.78 is 5.69. The molecule has 110 valence electrons. The van der Waals surface area contributed by atoms with Gasteiger partial charge in [0.2, 0.25) is 0 Å². The number of likely N-dealkylation sites (tertiary alicyclic amines) is 1. The van der Waals surface area contributed by atoms with E-state index in [-0.39, 0.29) is 0 Å². The first-order valence-corrected chi connectivity index (χ1v) is 7.85. The fraction of sp³-hybridized carbons (Fsp3) is 0.647. The van der Waals surface area contributed by atoms with Gasteiger partial charge in [0.05, 0.1) is 6.10 Å². The zero-order valence-electron chi connectivity index (χ0n) is 12.6. The maximum absolute atomic E-state index is 5.69. The zero-order chi connectivity index (χ0) is 13.9. The number of nitrogens with one attached hydrogen (secondary N) is 1. The molecule has 2 aliphatic heterocycles. The number of fused-ring (bicyclic) bond motifs is 1. The minimum absolute atomic E-state index is 0.382. The molecule has 2 heterocycles. The van der Waals surface area contributed by atoms with Crippen molar-refractivity contribution in [2.45, 2.75) is 38.5 Å². The van der Waals surface area contributed by atoms with Gasteiger partial charge in [0.1, 0.15) is 0 Å². The summed E-state index contributed by atoms with van der Waals surface area (Å²) >= 11 is 0. The molecule has 0 amide bonds. The van der Waals surface area contributed by atoms with Gasteiger partial charge < -0.3 is 10.1 Å². The van der Waals surface area contributed by atoms with E-state index in [0.717, 1.165) is 19.6 Å². The third-order valence-corrected chi connectivity index (χ3v) is 4.99. The second kappa shape index (κ2) is 6.25. The molecule has 1 N–H and O–H groups in total. The van der Waals surface area contributed by atoms with Gasteiger partial charge in [-0.25, -0.2) is 0 Å². The predicted octanol–water partition coefficient (Wildman–Crippen LogP) is 2.58. The molecule has 0 saturated carbocycles. The Morgan fingerprint density at radius 2 is 2.10 bits per heavy atom. The van der Waals surface area contributed by atoms with Crippen LogP contribution in [-0.4, -0.2) is 37.7 Å². The first-order chi connectivity index (χ1) is 9.79. The highest BCUT2D eigenvalue weighted by Crippen LogP contribution is 2.33. The predicted molar refractivity (Wildman–Crippen MR) is 81.7 cm³/mol. The van der Waals surface area contributed by atoms with Crippen LogP contribution in [0, 0.1) is 5.92 Å². The fourth-order valence-corrected chi connectivity index (χ4v) is 3.66. The molecule has 3 unspecified atom stereocenters. The average Bonchev–Trinajstić information content (AvgIpc) is 2.70. The van der Waals surface area contributed by atoms with Crippen molar-refractivity contribution in [3.8, 4) is 0 Å². The van der Waals surface area contributed by atoms with Crippen molar-refractivity contribution >= 4 is 0 Å². The highest BCUT2D eigenvalue weighted by molar-refractivity contribution is 5.31. The van der Waals surface area contributed by atoms with Crippen LogP contribution in [0.25, 0.3) is 0 Å². The molecular weight excluding hydrogens is 248 g/mol. The van der Waals surface area contributed by atoms with Gasteiger partial charge in [0.15, 0.2) is 0 Å². The Morgan fingerprint density at radius 1 is 1.25 bits per heavy atom. The number of nitrogens with zero attached hydrogens (tertiary/aromatic N) is 1. The van der Waals surface area contributed by atoms with E-state index in [1.54, 1.807) is 0 Å². The van der Waals surface area contributed by atoms with Crippen LogP contribution in [-0.2, 0) is 11.3 Å². The van der Waals surface area contributed by atoms with Crippen LogP contribution >= 0.6 is 0 Å². The standard InChI is InChI=1S/C17H26N2O/c1-13-8-10-19(12-17(13)20-2)16-7-9-18-11-14-5-3-4-6-15(14)16/h3-6,13,16-18H,7-12H2,1-2H3. The van der Waals surface area contributed by atoms with E-state index in [0.29, 0.717) is 18.1 Å². The van der Waals surface area contributed by atoms with E-state index in [1.165, 1.54) is 30.5 Å². The van der Waals surface area contributed by atoms with Gasteiger partial charge in [-0.15, -0.1) is 0 Å². The van der Waals surface area contributed by atoms with Crippen molar-refractivity contribution in [3.63, 3.8) is 0 Å². The number of rotatable bonds is 2. The summed E-state index contributed by atoms with van der Waals surface area (Å²) in [4.78, 5) is 2.64. The van der Waals surface area contributed by atoms with Gasteiger partial charge in [0.25, 0.3) is 0 Å². The van der Waals surface area contributed by atoms with Crippen LogP contribution in [0.4, 0.5) is 0 Å². The Kier molecular flexibility index (Phi) is 4.39. The van der Waals surface area contributed by atoms with E-state index in [1.807, 2.05) is 7.11 Å². The molecule has 3 rings (SSSR count). The Balaban J connectivity index is 1.82. The number of benzene rings is 1.